The molecule has 2 aromatic carbocycles. The standard InChI is InChI=1S/C23H32O4/c1-13-9-19(10-14(2)21(13)26-17(5)24)23(7,8)20-11-15(3)22(16(4)12-20)27-18(6)25/h9-12,17-18,24-25H,1-8H3. The van der Waals surface area contributed by atoms with Crippen LogP contribution in [0.15, 0.2) is 24.3 Å². The Bertz CT molecular complexity index is 706. The van der Waals surface area contributed by atoms with Crippen molar-refractivity contribution in [3.8, 4) is 11.5 Å². The fourth-order valence-corrected chi connectivity index (χ4v) is 3.50. The average molecular weight is 373 g/mol. The number of ether oxygens (including phenoxy) is 2. The SMILES string of the molecule is Cc1cc(C(C)(C)c2cc(C)c(OC(C)O)c(C)c2)cc(C)c1OC(C)O. The van der Waals surface area contributed by atoms with Gasteiger partial charge in [0.15, 0.2) is 12.6 Å². The number of aliphatic hydroxyl groups excluding tert-OH is 2. The van der Waals surface area contributed by atoms with E-state index in [4.69, 9.17) is 9.47 Å². The molecule has 2 N–H and O–H groups in total. The van der Waals surface area contributed by atoms with Gasteiger partial charge in [0, 0.05) is 5.41 Å². The van der Waals surface area contributed by atoms with Crippen molar-refractivity contribution in [2.24, 2.45) is 0 Å². The molecule has 2 atom stereocenters. The smallest absolute Gasteiger partial charge is 0.194 e. The molecule has 0 saturated carbocycles. The van der Waals surface area contributed by atoms with Crippen molar-refractivity contribution in [1.29, 1.82) is 0 Å². The van der Waals surface area contributed by atoms with Crippen LogP contribution in [0.2, 0.25) is 0 Å². The van der Waals surface area contributed by atoms with Gasteiger partial charge in [0.05, 0.1) is 0 Å². The molecule has 27 heavy (non-hydrogen) atoms. The Kier molecular flexibility index (Phi) is 6.23. The molecule has 0 aromatic heterocycles. The highest BCUT2D eigenvalue weighted by molar-refractivity contribution is 5.52. The first-order valence-corrected chi connectivity index (χ1v) is 9.36. The predicted molar refractivity (Wildman–Crippen MR) is 109 cm³/mol. The van der Waals surface area contributed by atoms with Gasteiger partial charge in [-0.05, 0) is 74.9 Å². The minimum Gasteiger partial charge on any atom is -0.465 e. The zero-order valence-electron chi connectivity index (χ0n) is 17.7. The fraction of sp³-hybridized carbons (Fsp3) is 0.478. The highest BCUT2D eigenvalue weighted by Crippen LogP contribution is 2.38. The molecule has 0 radical (unpaired) electrons. The molecule has 0 amide bonds. The van der Waals surface area contributed by atoms with Crippen molar-refractivity contribution in [2.75, 3.05) is 0 Å². The summed E-state index contributed by atoms with van der Waals surface area (Å²) in [5, 5.41) is 19.1. The summed E-state index contributed by atoms with van der Waals surface area (Å²) >= 11 is 0. The highest BCUT2D eigenvalue weighted by Gasteiger charge is 2.26. The van der Waals surface area contributed by atoms with Crippen molar-refractivity contribution >= 4 is 0 Å². The van der Waals surface area contributed by atoms with E-state index in [0.717, 1.165) is 33.8 Å². The Morgan fingerprint density at radius 2 is 0.926 bits per heavy atom. The van der Waals surface area contributed by atoms with E-state index in [9.17, 15) is 10.2 Å². The van der Waals surface area contributed by atoms with E-state index in [1.54, 1.807) is 13.8 Å². The molecule has 2 aromatic rings. The molecule has 0 saturated heterocycles. The van der Waals surface area contributed by atoms with Gasteiger partial charge in [-0.15, -0.1) is 0 Å². The van der Waals surface area contributed by atoms with Crippen molar-refractivity contribution in [3.05, 3.63) is 57.6 Å². The Hall–Kier alpha value is -2.04. The van der Waals surface area contributed by atoms with Crippen LogP contribution in [0, 0.1) is 27.7 Å². The van der Waals surface area contributed by atoms with Crippen molar-refractivity contribution in [2.45, 2.75) is 73.4 Å². The van der Waals surface area contributed by atoms with Crippen LogP contribution in [0.5, 0.6) is 11.5 Å². The third kappa shape index (κ3) is 4.63. The van der Waals surface area contributed by atoms with Crippen LogP contribution in [0.25, 0.3) is 0 Å². The number of rotatable bonds is 6. The first-order chi connectivity index (χ1) is 12.4. The number of benzene rings is 2. The lowest BCUT2D eigenvalue weighted by molar-refractivity contribution is -0.00185. The lowest BCUT2D eigenvalue weighted by Gasteiger charge is -2.29. The first-order valence-electron chi connectivity index (χ1n) is 9.36. The molecule has 4 nitrogen and oxygen atoms in total. The van der Waals surface area contributed by atoms with Gasteiger partial charge in [-0.2, -0.15) is 0 Å². The van der Waals surface area contributed by atoms with Gasteiger partial charge < -0.3 is 19.7 Å². The molecule has 0 aliphatic carbocycles. The maximum atomic E-state index is 9.56. The second-order valence-electron chi connectivity index (χ2n) is 7.94. The Morgan fingerprint density at radius 1 is 0.667 bits per heavy atom. The molecule has 0 aliphatic heterocycles. The largest absolute Gasteiger partial charge is 0.465 e. The summed E-state index contributed by atoms with van der Waals surface area (Å²) in [5.74, 6) is 1.47. The Labute approximate surface area is 162 Å². The summed E-state index contributed by atoms with van der Waals surface area (Å²) in [5.41, 5.74) is 6.14. The Morgan fingerprint density at radius 3 is 1.15 bits per heavy atom. The van der Waals surface area contributed by atoms with Crippen molar-refractivity contribution < 1.29 is 19.7 Å². The molecule has 2 unspecified atom stereocenters. The van der Waals surface area contributed by atoms with Gasteiger partial charge in [0.2, 0.25) is 0 Å². The third-order valence-electron chi connectivity index (χ3n) is 4.94. The summed E-state index contributed by atoms with van der Waals surface area (Å²) in [4.78, 5) is 0. The van der Waals surface area contributed by atoms with Gasteiger partial charge in [0.1, 0.15) is 11.5 Å². The predicted octanol–water partition coefficient (Wildman–Crippen LogP) is 4.68. The molecule has 0 aliphatic rings. The maximum Gasteiger partial charge on any atom is 0.194 e. The van der Waals surface area contributed by atoms with Gasteiger partial charge in [-0.1, -0.05) is 38.1 Å². The summed E-state index contributed by atoms with van der Waals surface area (Å²) in [6, 6.07) is 8.48. The normalized spacial score (nSPS) is 14.0. The number of aliphatic hydroxyl groups is 2. The van der Waals surface area contributed by atoms with E-state index in [2.05, 4.69) is 38.1 Å². The average Bonchev–Trinajstić information content (AvgIpc) is 2.53. The molecule has 0 spiro atoms. The fourth-order valence-electron chi connectivity index (χ4n) is 3.50. The molecule has 2 rings (SSSR count). The quantitative estimate of drug-likeness (QED) is 0.723. The Balaban J connectivity index is 2.50. The van der Waals surface area contributed by atoms with Gasteiger partial charge >= 0.3 is 0 Å². The second-order valence-corrected chi connectivity index (χ2v) is 7.94. The van der Waals surface area contributed by atoms with Crippen LogP contribution < -0.4 is 9.47 Å². The monoisotopic (exact) mass is 372 g/mol. The van der Waals surface area contributed by atoms with Gasteiger partial charge in [-0.25, -0.2) is 0 Å². The molecule has 4 heteroatoms. The molecule has 0 bridgehead atoms. The molecule has 148 valence electrons. The molecular weight excluding hydrogens is 340 g/mol. The minimum atomic E-state index is -0.840. The third-order valence-corrected chi connectivity index (χ3v) is 4.94. The second kappa shape index (κ2) is 7.91. The summed E-state index contributed by atoms with van der Waals surface area (Å²) < 4.78 is 11.1. The summed E-state index contributed by atoms with van der Waals surface area (Å²) in [6.07, 6.45) is -1.68. The number of aryl methyl sites for hydroxylation is 4. The van der Waals surface area contributed by atoms with Crippen LogP contribution in [0.1, 0.15) is 61.1 Å². The maximum absolute atomic E-state index is 9.56. The van der Waals surface area contributed by atoms with Crippen molar-refractivity contribution in [1.82, 2.24) is 0 Å². The zero-order valence-corrected chi connectivity index (χ0v) is 17.7. The number of hydrogen-bond acceptors (Lipinski definition) is 4. The van der Waals surface area contributed by atoms with E-state index in [0.29, 0.717) is 0 Å². The molecular formula is C23H32O4. The zero-order chi connectivity index (χ0) is 20.5. The first kappa shape index (κ1) is 21.3. The number of hydrogen-bond donors (Lipinski definition) is 2. The van der Waals surface area contributed by atoms with Crippen LogP contribution in [-0.4, -0.2) is 22.8 Å². The lowest BCUT2D eigenvalue weighted by Crippen LogP contribution is -2.21. The molecule has 0 heterocycles. The van der Waals surface area contributed by atoms with Crippen LogP contribution in [-0.2, 0) is 5.41 Å². The van der Waals surface area contributed by atoms with E-state index in [1.165, 1.54) is 11.1 Å². The highest BCUT2D eigenvalue weighted by atomic mass is 16.6. The van der Waals surface area contributed by atoms with E-state index >= 15 is 0 Å². The van der Waals surface area contributed by atoms with Gasteiger partial charge in [-0.3, -0.25) is 0 Å². The van der Waals surface area contributed by atoms with Crippen LogP contribution >= 0.6 is 0 Å². The summed E-state index contributed by atoms with van der Waals surface area (Å²) in [7, 11) is 0. The molecule has 0 fully saturated rings. The lowest BCUT2D eigenvalue weighted by atomic mass is 9.76. The topological polar surface area (TPSA) is 58.9 Å². The van der Waals surface area contributed by atoms with Crippen molar-refractivity contribution in [3.63, 3.8) is 0 Å². The minimum absolute atomic E-state index is 0.224. The summed E-state index contributed by atoms with van der Waals surface area (Å²) in [6.45, 7) is 15.6. The van der Waals surface area contributed by atoms with E-state index in [-0.39, 0.29) is 5.41 Å². The van der Waals surface area contributed by atoms with Crippen LogP contribution in [0.3, 0.4) is 0 Å². The van der Waals surface area contributed by atoms with E-state index in [1.807, 2.05) is 27.7 Å². The van der Waals surface area contributed by atoms with Crippen LogP contribution in [0.4, 0.5) is 0 Å². The van der Waals surface area contributed by atoms with Gasteiger partial charge in [0.25, 0.3) is 0 Å². The van der Waals surface area contributed by atoms with E-state index < -0.39 is 12.6 Å².